The van der Waals surface area contributed by atoms with Gasteiger partial charge in [-0.3, -0.25) is 4.79 Å². The van der Waals surface area contributed by atoms with Gasteiger partial charge in [0.25, 0.3) is 0 Å². The molecule has 0 fully saturated rings. The number of carboxylic acids is 1. The molecule has 0 aliphatic rings. The quantitative estimate of drug-likeness (QED) is 0.830. The molecule has 5 heteroatoms. The molecule has 0 amide bonds. The number of thiazole rings is 1. The highest BCUT2D eigenvalue weighted by molar-refractivity contribution is 7.15. The minimum absolute atomic E-state index is 0.384. The van der Waals surface area contributed by atoms with E-state index < -0.39 is 11.4 Å². The van der Waals surface area contributed by atoms with Crippen molar-refractivity contribution < 1.29 is 9.90 Å². The fraction of sp³-hybridized carbons (Fsp3) is 0.600. The second-order valence-electron chi connectivity index (χ2n) is 4.20. The van der Waals surface area contributed by atoms with E-state index in [1.54, 1.807) is 25.2 Å². The largest absolute Gasteiger partial charge is 0.481 e. The topological polar surface area (TPSA) is 62.2 Å². The third kappa shape index (κ3) is 2.92. The summed E-state index contributed by atoms with van der Waals surface area (Å²) in [6, 6.07) is 0. The van der Waals surface area contributed by atoms with Gasteiger partial charge in [0.05, 0.1) is 11.1 Å². The number of aryl methyl sites for hydroxylation is 2. The Morgan fingerprint density at radius 3 is 2.53 bits per heavy atom. The number of hydrogen-bond donors (Lipinski definition) is 2. The molecule has 0 spiro atoms. The number of carbonyl (C=O) groups is 1. The number of rotatable bonds is 4. The highest BCUT2D eigenvalue weighted by Crippen LogP contribution is 2.23. The lowest BCUT2D eigenvalue weighted by Gasteiger charge is -2.18. The predicted molar refractivity (Wildman–Crippen MR) is 61.5 cm³/mol. The van der Waals surface area contributed by atoms with Gasteiger partial charge in [-0.05, 0) is 27.7 Å². The molecule has 1 aromatic rings. The van der Waals surface area contributed by atoms with Gasteiger partial charge >= 0.3 is 5.97 Å². The van der Waals surface area contributed by atoms with E-state index in [4.69, 9.17) is 5.11 Å². The summed E-state index contributed by atoms with van der Waals surface area (Å²) in [5, 5.41) is 12.8. The molecular weight excluding hydrogens is 212 g/mol. The van der Waals surface area contributed by atoms with Gasteiger partial charge in [-0.1, -0.05) is 0 Å². The zero-order valence-electron chi connectivity index (χ0n) is 9.42. The zero-order valence-corrected chi connectivity index (χ0v) is 10.2. The summed E-state index contributed by atoms with van der Waals surface area (Å²) in [6.45, 7) is 7.71. The fourth-order valence-electron chi connectivity index (χ4n) is 0.921. The Balaban J connectivity index is 2.61. The van der Waals surface area contributed by atoms with Crippen LogP contribution in [-0.2, 0) is 4.79 Å². The Labute approximate surface area is 93.4 Å². The van der Waals surface area contributed by atoms with E-state index in [9.17, 15) is 4.79 Å². The molecular formula is C10H16N2O2S. The zero-order chi connectivity index (χ0) is 11.6. The van der Waals surface area contributed by atoms with E-state index in [1.165, 1.54) is 0 Å². The average Bonchev–Trinajstić information content (AvgIpc) is 2.43. The molecule has 1 rings (SSSR count). The van der Waals surface area contributed by atoms with Crippen LogP contribution in [0.1, 0.15) is 24.4 Å². The molecule has 84 valence electrons. The van der Waals surface area contributed by atoms with E-state index in [0.717, 1.165) is 15.7 Å². The Kier molecular flexibility index (Phi) is 3.34. The number of aromatic nitrogens is 1. The van der Waals surface area contributed by atoms with Gasteiger partial charge in [-0.15, -0.1) is 11.3 Å². The van der Waals surface area contributed by atoms with Crippen LogP contribution in [0.4, 0.5) is 5.13 Å². The molecule has 0 saturated heterocycles. The van der Waals surface area contributed by atoms with Crippen molar-refractivity contribution in [3.05, 3.63) is 10.6 Å². The monoisotopic (exact) mass is 228 g/mol. The van der Waals surface area contributed by atoms with Crippen LogP contribution in [-0.4, -0.2) is 22.6 Å². The van der Waals surface area contributed by atoms with Crippen LogP contribution >= 0.6 is 11.3 Å². The smallest absolute Gasteiger partial charge is 0.310 e. The van der Waals surface area contributed by atoms with Gasteiger partial charge in [0, 0.05) is 11.4 Å². The van der Waals surface area contributed by atoms with Crippen LogP contribution in [0.5, 0.6) is 0 Å². The number of nitrogens with one attached hydrogen (secondary N) is 1. The molecule has 0 aliphatic carbocycles. The number of anilines is 1. The highest BCUT2D eigenvalue weighted by atomic mass is 32.1. The maximum absolute atomic E-state index is 10.9. The van der Waals surface area contributed by atoms with Gasteiger partial charge in [-0.2, -0.15) is 0 Å². The summed E-state index contributed by atoms with van der Waals surface area (Å²) in [5.74, 6) is -0.806. The van der Waals surface area contributed by atoms with Crippen LogP contribution in [0.25, 0.3) is 0 Å². The molecule has 0 unspecified atom stereocenters. The third-order valence-corrected chi connectivity index (χ3v) is 3.32. The Morgan fingerprint density at radius 1 is 1.53 bits per heavy atom. The molecule has 0 atom stereocenters. The molecule has 1 aromatic heterocycles. The van der Waals surface area contributed by atoms with Crippen molar-refractivity contribution in [2.45, 2.75) is 27.7 Å². The summed E-state index contributed by atoms with van der Waals surface area (Å²) in [5.41, 5.74) is 0.226. The number of carboxylic acid groups (broad SMARTS) is 1. The maximum Gasteiger partial charge on any atom is 0.310 e. The molecule has 1 heterocycles. The molecule has 0 aliphatic heterocycles. The molecule has 4 nitrogen and oxygen atoms in total. The van der Waals surface area contributed by atoms with Crippen molar-refractivity contribution in [2.75, 3.05) is 11.9 Å². The van der Waals surface area contributed by atoms with Gasteiger partial charge in [0.2, 0.25) is 0 Å². The molecule has 0 aromatic carbocycles. The van der Waals surface area contributed by atoms with E-state index in [0.29, 0.717) is 6.54 Å². The molecule has 2 N–H and O–H groups in total. The van der Waals surface area contributed by atoms with Crippen LogP contribution in [0.2, 0.25) is 0 Å². The number of aliphatic carboxylic acids is 1. The van der Waals surface area contributed by atoms with Crippen molar-refractivity contribution in [3.63, 3.8) is 0 Å². The summed E-state index contributed by atoms with van der Waals surface area (Å²) in [7, 11) is 0. The second-order valence-corrected chi connectivity index (χ2v) is 5.41. The minimum atomic E-state index is -0.806. The first kappa shape index (κ1) is 12.0. The van der Waals surface area contributed by atoms with E-state index in [-0.39, 0.29) is 0 Å². The standard InChI is InChI=1S/C10H16N2O2S/c1-6-7(2)15-9(12-6)11-5-10(3,4)8(13)14/h5H2,1-4H3,(H,11,12)(H,13,14). The first-order valence-electron chi connectivity index (χ1n) is 4.74. The maximum atomic E-state index is 10.9. The SMILES string of the molecule is Cc1nc(NCC(C)(C)C(=O)O)sc1C. The first-order chi connectivity index (χ1) is 6.83. The molecule has 0 bridgehead atoms. The van der Waals surface area contributed by atoms with Gasteiger partial charge in [0.1, 0.15) is 0 Å². The van der Waals surface area contributed by atoms with Crippen molar-refractivity contribution in [1.82, 2.24) is 4.98 Å². The predicted octanol–water partition coefficient (Wildman–Crippen LogP) is 2.28. The van der Waals surface area contributed by atoms with Gasteiger partial charge in [-0.25, -0.2) is 4.98 Å². The normalized spacial score (nSPS) is 11.5. The third-order valence-electron chi connectivity index (χ3n) is 2.29. The first-order valence-corrected chi connectivity index (χ1v) is 5.56. The summed E-state index contributed by atoms with van der Waals surface area (Å²) in [4.78, 5) is 16.3. The molecule has 0 radical (unpaired) electrons. The van der Waals surface area contributed by atoms with Crippen molar-refractivity contribution >= 4 is 22.4 Å². The Hall–Kier alpha value is -1.10. The number of hydrogen-bond acceptors (Lipinski definition) is 4. The van der Waals surface area contributed by atoms with Crippen molar-refractivity contribution in [2.24, 2.45) is 5.41 Å². The van der Waals surface area contributed by atoms with Crippen molar-refractivity contribution in [3.8, 4) is 0 Å². The van der Waals surface area contributed by atoms with Gasteiger partial charge < -0.3 is 10.4 Å². The van der Waals surface area contributed by atoms with E-state index in [2.05, 4.69) is 10.3 Å². The molecule has 0 saturated carbocycles. The lowest BCUT2D eigenvalue weighted by molar-refractivity contribution is -0.146. The fourth-order valence-corrected chi connectivity index (χ4v) is 1.73. The lowest BCUT2D eigenvalue weighted by atomic mass is 9.94. The Morgan fingerprint density at radius 2 is 2.13 bits per heavy atom. The van der Waals surface area contributed by atoms with Gasteiger partial charge in [0.15, 0.2) is 5.13 Å². The number of nitrogens with zero attached hydrogens (tertiary/aromatic N) is 1. The van der Waals surface area contributed by atoms with Crippen LogP contribution < -0.4 is 5.32 Å². The van der Waals surface area contributed by atoms with Crippen LogP contribution in [0, 0.1) is 19.3 Å². The minimum Gasteiger partial charge on any atom is -0.481 e. The average molecular weight is 228 g/mol. The summed E-state index contributed by atoms with van der Waals surface area (Å²) < 4.78 is 0. The summed E-state index contributed by atoms with van der Waals surface area (Å²) >= 11 is 1.55. The lowest BCUT2D eigenvalue weighted by Crippen LogP contribution is -2.31. The van der Waals surface area contributed by atoms with Crippen LogP contribution in [0.15, 0.2) is 0 Å². The van der Waals surface area contributed by atoms with E-state index in [1.807, 2.05) is 13.8 Å². The highest BCUT2D eigenvalue weighted by Gasteiger charge is 2.27. The van der Waals surface area contributed by atoms with Crippen molar-refractivity contribution in [1.29, 1.82) is 0 Å². The van der Waals surface area contributed by atoms with E-state index >= 15 is 0 Å². The Bertz CT molecular complexity index is 352. The molecule has 15 heavy (non-hydrogen) atoms. The second kappa shape index (κ2) is 4.18. The van der Waals surface area contributed by atoms with Crippen LogP contribution in [0.3, 0.4) is 0 Å². The summed E-state index contributed by atoms with van der Waals surface area (Å²) in [6.07, 6.45) is 0.